The average Bonchev–Trinajstić information content (AvgIpc) is 2.43. The van der Waals surface area contributed by atoms with Gasteiger partial charge >= 0.3 is 11.9 Å². The van der Waals surface area contributed by atoms with Crippen molar-refractivity contribution in [3.05, 3.63) is 29.1 Å². The van der Waals surface area contributed by atoms with E-state index < -0.39 is 46.6 Å². The molecular formula is C10H7F5N2O3. The van der Waals surface area contributed by atoms with Crippen LogP contribution in [0.5, 0.6) is 0 Å². The zero-order valence-corrected chi connectivity index (χ0v) is 9.82. The van der Waals surface area contributed by atoms with Gasteiger partial charge in [0.25, 0.3) is 0 Å². The maximum absolute atomic E-state index is 13.2. The summed E-state index contributed by atoms with van der Waals surface area (Å²) in [6, 6.07) is 0. The molecule has 0 aliphatic heterocycles. The summed E-state index contributed by atoms with van der Waals surface area (Å²) in [5.74, 6) is -14.0. The van der Waals surface area contributed by atoms with Gasteiger partial charge in [0.2, 0.25) is 5.82 Å². The minimum Gasteiger partial charge on any atom is -0.459 e. The Morgan fingerprint density at radius 3 is 1.85 bits per heavy atom. The van der Waals surface area contributed by atoms with Gasteiger partial charge in [-0.2, -0.15) is 0 Å². The Labute approximate surface area is 108 Å². The van der Waals surface area contributed by atoms with Crippen LogP contribution < -0.4 is 10.9 Å². The normalized spacial score (nSPS) is 10.1. The molecule has 0 aliphatic carbocycles. The number of hydrogen-bond donors (Lipinski definition) is 2. The van der Waals surface area contributed by atoms with Crippen LogP contribution in [0, 0.1) is 29.1 Å². The molecule has 110 valence electrons. The van der Waals surface area contributed by atoms with Gasteiger partial charge in [-0.3, -0.25) is 15.6 Å². The number of hydrogen-bond acceptors (Lipinski definition) is 4. The average molecular weight is 298 g/mol. The lowest BCUT2D eigenvalue weighted by atomic mass is 10.2. The van der Waals surface area contributed by atoms with Gasteiger partial charge in [-0.25, -0.2) is 26.7 Å². The van der Waals surface area contributed by atoms with Crippen LogP contribution >= 0.6 is 0 Å². The Bertz CT molecular complexity index is 535. The predicted octanol–water partition coefficient (Wildman–Crippen LogP) is 1.39. The molecule has 0 heterocycles. The number of amides is 1. The molecule has 0 saturated carbocycles. The summed E-state index contributed by atoms with van der Waals surface area (Å²) in [5.41, 5.74) is 1.37. The molecule has 5 nitrogen and oxygen atoms in total. The maximum Gasteiger partial charge on any atom is 0.398 e. The van der Waals surface area contributed by atoms with Gasteiger partial charge in [-0.05, 0) is 6.92 Å². The SMILES string of the molecule is CCOC(=O)C(=O)NNc1c(F)c(F)c(F)c(F)c1F. The molecular weight excluding hydrogens is 291 g/mol. The van der Waals surface area contributed by atoms with Gasteiger partial charge in [0, 0.05) is 0 Å². The third-order valence-electron chi connectivity index (χ3n) is 1.97. The first kappa shape index (κ1) is 15.7. The van der Waals surface area contributed by atoms with E-state index >= 15 is 0 Å². The smallest absolute Gasteiger partial charge is 0.398 e. The first-order valence-corrected chi connectivity index (χ1v) is 5.05. The van der Waals surface area contributed by atoms with Crippen LogP contribution in [0.1, 0.15) is 6.92 Å². The summed E-state index contributed by atoms with van der Waals surface area (Å²) < 4.78 is 68.8. The third-order valence-corrected chi connectivity index (χ3v) is 1.97. The molecule has 0 spiro atoms. The fraction of sp³-hybridized carbons (Fsp3) is 0.200. The number of anilines is 1. The van der Waals surface area contributed by atoms with Crippen molar-refractivity contribution in [1.82, 2.24) is 5.43 Å². The number of nitrogens with one attached hydrogen (secondary N) is 2. The van der Waals surface area contributed by atoms with E-state index in [4.69, 9.17) is 0 Å². The number of hydrazine groups is 1. The highest BCUT2D eigenvalue weighted by molar-refractivity contribution is 6.32. The Balaban J connectivity index is 2.95. The zero-order valence-electron chi connectivity index (χ0n) is 9.82. The monoisotopic (exact) mass is 298 g/mol. The quantitative estimate of drug-likeness (QED) is 0.221. The molecule has 20 heavy (non-hydrogen) atoms. The first-order chi connectivity index (χ1) is 9.31. The molecule has 0 radical (unpaired) electrons. The third kappa shape index (κ3) is 2.95. The highest BCUT2D eigenvalue weighted by Crippen LogP contribution is 2.26. The van der Waals surface area contributed by atoms with Gasteiger partial charge in [0.1, 0.15) is 5.69 Å². The second-order valence-corrected chi connectivity index (χ2v) is 3.24. The molecule has 0 aliphatic rings. The Kier molecular flexibility index (Phi) is 4.83. The fourth-order valence-corrected chi connectivity index (χ4v) is 1.08. The van der Waals surface area contributed by atoms with E-state index in [1.807, 2.05) is 0 Å². The van der Waals surface area contributed by atoms with E-state index in [0.717, 1.165) is 0 Å². The molecule has 0 atom stereocenters. The number of carbonyl (C=O) groups excluding carboxylic acids is 2. The van der Waals surface area contributed by atoms with E-state index in [1.165, 1.54) is 17.8 Å². The molecule has 1 aromatic rings. The maximum atomic E-state index is 13.2. The summed E-state index contributed by atoms with van der Waals surface area (Å²) in [6.07, 6.45) is 0. The minimum atomic E-state index is -2.35. The van der Waals surface area contributed by atoms with Crippen LogP contribution in [-0.2, 0) is 14.3 Å². The van der Waals surface area contributed by atoms with E-state index in [0.29, 0.717) is 0 Å². The molecule has 1 amide bonds. The van der Waals surface area contributed by atoms with Crippen LogP contribution in [0.2, 0.25) is 0 Å². The van der Waals surface area contributed by atoms with Crippen molar-refractivity contribution in [2.75, 3.05) is 12.0 Å². The molecule has 0 bridgehead atoms. The summed E-state index contributed by atoms with van der Waals surface area (Å²) in [6.45, 7) is 1.25. The number of esters is 1. The zero-order chi connectivity index (χ0) is 15.4. The molecule has 10 heteroatoms. The Morgan fingerprint density at radius 1 is 0.950 bits per heavy atom. The summed E-state index contributed by atoms with van der Waals surface area (Å²) in [5, 5.41) is 0. The van der Waals surface area contributed by atoms with E-state index in [2.05, 4.69) is 4.74 Å². The van der Waals surface area contributed by atoms with Gasteiger partial charge in [0.05, 0.1) is 6.61 Å². The first-order valence-electron chi connectivity index (χ1n) is 5.05. The summed E-state index contributed by atoms with van der Waals surface area (Å²) in [7, 11) is 0. The van der Waals surface area contributed by atoms with E-state index in [9.17, 15) is 31.5 Å². The van der Waals surface area contributed by atoms with Crippen molar-refractivity contribution in [2.45, 2.75) is 6.92 Å². The molecule has 2 N–H and O–H groups in total. The van der Waals surface area contributed by atoms with Crippen LogP contribution in [-0.4, -0.2) is 18.5 Å². The second kappa shape index (κ2) is 6.17. The lowest BCUT2D eigenvalue weighted by molar-refractivity contribution is -0.154. The molecule has 0 aromatic heterocycles. The molecule has 0 unspecified atom stereocenters. The van der Waals surface area contributed by atoms with Gasteiger partial charge in [-0.15, -0.1) is 0 Å². The fourth-order valence-electron chi connectivity index (χ4n) is 1.08. The molecule has 0 fully saturated rings. The summed E-state index contributed by atoms with van der Waals surface area (Å²) >= 11 is 0. The Hall–Kier alpha value is -2.39. The largest absolute Gasteiger partial charge is 0.459 e. The summed E-state index contributed by atoms with van der Waals surface area (Å²) in [4.78, 5) is 21.9. The molecule has 0 saturated heterocycles. The predicted molar refractivity (Wildman–Crippen MR) is 54.6 cm³/mol. The van der Waals surface area contributed by atoms with Crippen LogP contribution in [0.15, 0.2) is 0 Å². The standard InChI is InChI=1S/C10H7F5N2O3/c1-2-20-10(19)9(18)17-16-8-6(14)4(12)3(11)5(13)7(8)15/h16H,2H2,1H3,(H,17,18). The van der Waals surface area contributed by atoms with Gasteiger partial charge in [-0.1, -0.05) is 0 Å². The number of halogens is 5. The van der Waals surface area contributed by atoms with Crippen molar-refractivity contribution in [3.63, 3.8) is 0 Å². The van der Waals surface area contributed by atoms with Crippen molar-refractivity contribution in [3.8, 4) is 0 Å². The number of ether oxygens (including phenoxy) is 1. The van der Waals surface area contributed by atoms with Crippen LogP contribution in [0.25, 0.3) is 0 Å². The topological polar surface area (TPSA) is 67.4 Å². The number of carbonyl (C=O) groups is 2. The number of rotatable bonds is 3. The Morgan fingerprint density at radius 2 is 1.40 bits per heavy atom. The highest BCUT2D eigenvalue weighted by atomic mass is 19.2. The van der Waals surface area contributed by atoms with Gasteiger partial charge in [0.15, 0.2) is 23.3 Å². The van der Waals surface area contributed by atoms with E-state index in [1.54, 1.807) is 0 Å². The lowest BCUT2D eigenvalue weighted by Crippen LogP contribution is -2.37. The molecule has 1 rings (SSSR count). The van der Waals surface area contributed by atoms with Crippen LogP contribution in [0.4, 0.5) is 27.6 Å². The van der Waals surface area contributed by atoms with Gasteiger partial charge < -0.3 is 4.74 Å². The van der Waals surface area contributed by atoms with Crippen molar-refractivity contribution in [1.29, 1.82) is 0 Å². The highest BCUT2D eigenvalue weighted by Gasteiger charge is 2.26. The lowest BCUT2D eigenvalue weighted by Gasteiger charge is -2.11. The minimum absolute atomic E-state index is 0.144. The van der Waals surface area contributed by atoms with Crippen molar-refractivity contribution < 1.29 is 36.3 Å². The number of benzene rings is 1. The van der Waals surface area contributed by atoms with E-state index in [-0.39, 0.29) is 6.61 Å². The molecule has 1 aromatic carbocycles. The van der Waals surface area contributed by atoms with Crippen LogP contribution in [0.3, 0.4) is 0 Å². The van der Waals surface area contributed by atoms with Crippen molar-refractivity contribution >= 4 is 17.6 Å². The second-order valence-electron chi connectivity index (χ2n) is 3.24. The van der Waals surface area contributed by atoms with Crippen molar-refractivity contribution in [2.24, 2.45) is 0 Å².